The summed E-state index contributed by atoms with van der Waals surface area (Å²) < 4.78 is 37.5. The highest BCUT2D eigenvalue weighted by atomic mass is 127. The normalized spacial score (nSPS) is 11.0. The van der Waals surface area contributed by atoms with Gasteiger partial charge in [-0.1, -0.05) is 16.7 Å². The largest absolute Gasteiger partial charge is 0.417 e. The van der Waals surface area contributed by atoms with Crippen LogP contribution in [0.5, 0.6) is 0 Å². The van der Waals surface area contributed by atoms with Gasteiger partial charge in [0.1, 0.15) is 0 Å². The van der Waals surface area contributed by atoms with E-state index in [0.29, 0.717) is 3.57 Å². The maximum Gasteiger partial charge on any atom is 0.417 e. The smallest absolute Gasteiger partial charge is 0.166 e. The van der Waals surface area contributed by atoms with Crippen LogP contribution in [-0.4, -0.2) is 0 Å². The first-order chi connectivity index (χ1) is 6.86. The Morgan fingerprint density at radius 3 is 2.47 bits per heavy atom. The molecule has 80 valence electrons. The molecular formula is C7H2ClF3IN3. The molecule has 1 aromatic rings. The molecule has 0 saturated heterocycles. The van der Waals surface area contributed by atoms with Gasteiger partial charge in [-0.05, 0) is 40.3 Å². The first kappa shape index (κ1) is 12.4. The fraction of sp³-hybridized carbons (Fsp3) is 0.143. The van der Waals surface area contributed by atoms with Gasteiger partial charge in [0, 0.05) is 8.48 Å². The second-order valence-corrected chi connectivity index (χ2v) is 4.04. The van der Waals surface area contributed by atoms with E-state index in [1.54, 1.807) is 22.6 Å². The molecule has 1 rings (SSSR count). The third-order valence-corrected chi connectivity index (χ3v) is 2.67. The van der Waals surface area contributed by atoms with Gasteiger partial charge in [-0.3, -0.25) is 0 Å². The van der Waals surface area contributed by atoms with Gasteiger partial charge >= 0.3 is 6.18 Å². The van der Waals surface area contributed by atoms with Crippen molar-refractivity contribution in [2.24, 2.45) is 5.11 Å². The third-order valence-electron chi connectivity index (χ3n) is 1.49. The highest BCUT2D eigenvalue weighted by Crippen LogP contribution is 2.38. The minimum Gasteiger partial charge on any atom is -0.166 e. The van der Waals surface area contributed by atoms with Gasteiger partial charge in [0.25, 0.3) is 0 Å². The number of hydrogen-bond acceptors (Lipinski definition) is 1. The molecule has 0 aliphatic heterocycles. The molecule has 0 heterocycles. The molecule has 0 saturated carbocycles. The average molecular weight is 347 g/mol. The molecule has 0 aliphatic carbocycles. The molecule has 0 fully saturated rings. The zero-order valence-corrected chi connectivity index (χ0v) is 9.80. The van der Waals surface area contributed by atoms with Gasteiger partial charge in [-0.2, -0.15) is 13.2 Å². The van der Waals surface area contributed by atoms with Crippen LogP contribution in [-0.2, 0) is 6.18 Å². The Morgan fingerprint density at radius 2 is 2.00 bits per heavy atom. The molecule has 0 aliphatic rings. The van der Waals surface area contributed by atoms with E-state index < -0.39 is 16.8 Å². The third kappa shape index (κ3) is 2.90. The van der Waals surface area contributed by atoms with Crippen molar-refractivity contribution in [3.63, 3.8) is 0 Å². The second-order valence-electron chi connectivity index (χ2n) is 2.47. The Labute approximate surface area is 101 Å². The highest BCUT2D eigenvalue weighted by Gasteiger charge is 2.33. The van der Waals surface area contributed by atoms with Gasteiger partial charge in [0.05, 0.1) is 16.3 Å². The molecule has 1 aromatic carbocycles. The van der Waals surface area contributed by atoms with Crippen molar-refractivity contribution in [2.45, 2.75) is 6.18 Å². The number of halogens is 5. The molecule has 0 atom stereocenters. The quantitative estimate of drug-likeness (QED) is 0.300. The molecule has 15 heavy (non-hydrogen) atoms. The summed E-state index contributed by atoms with van der Waals surface area (Å²) in [7, 11) is 0. The Morgan fingerprint density at radius 1 is 1.40 bits per heavy atom. The Kier molecular flexibility index (Phi) is 3.69. The summed E-state index contributed by atoms with van der Waals surface area (Å²) in [5.41, 5.74) is 7.05. The topological polar surface area (TPSA) is 48.8 Å². The van der Waals surface area contributed by atoms with E-state index in [-0.39, 0.29) is 5.69 Å². The summed E-state index contributed by atoms with van der Waals surface area (Å²) in [5, 5.41) is 2.72. The number of rotatable bonds is 1. The zero-order chi connectivity index (χ0) is 11.6. The van der Waals surface area contributed by atoms with Gasteiger partial charge in [0.2, 0.25) is 0 Å². The van der Waals surface area contributed by atoms with Crippen LogP contribution in [0.2, 0.25) is 5.02 Å². The van der Waals surface area contributed by atoms with E-state index in [9.17, 15) is 13.2 Å². The summed E-state index contributed by atoms with van der Waals surface area (Å²) >= 11 is 7.16. The Balaban J connectivity index is 3.42. The second kappa shape index (κ2) is 4.46. The molecule has 8 heteroatoms. The lowest BCUT2D eigenvalue weighted by Crippen LogP contribution is -2.05. The summed E-state index contributed by atoms with van der Waals surface area (Å²) in [6.45, 7) is 0. The van der Waals surface area contributed by atoms with Crippen molar-refractivity contribution in [3.8, 4) is 0 Å². The van der Waals surface area contributed by atoms with Crippen molar-refractivity contribution in [1.82, 2.24) is 0 Å². The van der Waals surface area contributed by atoms with E-state index in [1.165, 1.54) is 0 Å². The van der Waals surface area contributed by atoms with E-state index in [4.69, 9.17) is 17.1 Å². The molecule has 0 N–H and O–H groups in total. The standard InChI is InChI=1S/C7H2ClF3IN3/c8-4-2-5(12)6(14-15-13)1-3(4)7(9,10)11/h1-2H. The lowest BCUT2D eigenvalue weighted by molar-refractivity contribution is -0.137. The molecule has 0 aromatic heterocycles. The molecular weight excluding hydrogens is 345 g/mol. The van der Waals surface area contributed by atoms with Crippen LogP contribution < -0.4 is 0 Å². The Hall–Kier alpha value is -0.660. The minimum atomic E-state index is -4.55. The van der Waals surface area contributed by atoms with Gasteiger partial charge in [-0.15, -0.1) is 0 Å². The molecule has 0 amide bonds. The molecule has 0 unspecified atom stereocenters. The maximum atomic E-state index is 12.4. The summed E-state index contributed by atoms with van der Waals surface area (Å²) in [5.74, 6) is 0. The van der Waals surface area contributed by atoms with Crippen LogP contribution in [0, 0.1) is 3.57 Å². The lowest BCUT2D eigenvalue weighted by Gasteiger charge is -2.10. The number of hydrogen-bond donors (Lipinski definition) is 0. The van der Waals surface area contributed by atoms with Crippen LogP contribution >= 0.6 is 34.2 Å². The number of nitrogens with zero attached hydrogens (tertiary/aromatic N) is 3. The summed E-state index contributed by atoms with van der Waals surface area (Å²) in [4.78, 5) is 2.43. The number of benzene rings is 1. The lowest BCUT2D eigenvalue weighted by atomic mass is 10.2. The summed E-state index contributed by atoms with van der Waals surface area (Å²) in [6.07, 6.45) is -4.55. The number of alkyl halides is 3. The van der Waals surface area contributed by atoms with E-state index in [0.717, 1.165) is 12.1 Å². The maximum absolute atomic E-state index is 12.4. The van der Waals surface area contributed by atoms with Crippen molar-refractivity contribution in [2.75, 3.05) is 0 Å². The average Bonchev–Trinajstić information content (AvgIpc) is 2.07. The van der Waals surface area contributed by atoms with Crippen molar-refractivity contribution in [1.29, 1.82) is 0 Å². The van der Waals surface area contributed by atoms with Crippen molar-refractivity contribution >= 4 is 39.9 Å². The van der Waals surface area contributed by atoms with Gasteiger partial charge in [0.15, 0.2) is 0 Å². The van der Waals surface area contributed by atoms with Gasteiger partial charge < -0.3 is 0 Å². The van der Waals surface area contributed by atoms with Crippen LogP contribution in [0.1, 0.15) is 5.56 Å². The first-order valence-corrected chi connectivity index (χ1v) is 4.93. The fourth-order valence-electron chi connectivity index (χ4n) is 0.880. The van der Waals surface area contributed by atoms with E-state index in [2.05, 4.69) is 10.0 Å². The van der Waals surface area contributed by atoms with Gasteiger partial charge in [-0.25, -0.2) is 0 Å². The minimum absolute atomic E-state index is 0.0881. The Bertz CT molecular complexity index is 440. The van der Waals surface area contributed by atoms with Crippen molar-refractivity contribution in [3.05, 3.63) is 36.7 Å². The highest BCUT2D eigenvalue weighted by molar-refractivity contribution is 14.1. The molecule has 0 radical (unpaired) electrons. The van der Waals surface area contributed by atoms with E-state index >= 15 is 0 Å². The monoisotopic (exact) mass is 347 g/mol. The first-order valence-electron chi connectivity index (χ1n) is 3.47. The molecule has 0 spiro atoms. The van der Waals surface area contributed by atoms with Crippen molar-refractivity contribution < 1.29 is 13.2 Å². The van der Waals surface area contributed by atoms with E-state index in [1.807, 2.05) is 0 Å². The molecule has 3 nitrogen and oxygen atoms in total. The summed E-state index contributed by atoms with van der Waals surface area (Å²) in [6, 6.07) is 1.83. The van der Waals surface area contributed by atoms with Crippen LogP contribution in [0.25, 0.3) is 10.4 Å². The zero-order valence-electron chi connectivity index (χ0n) is 6.89. The predicted octanol–water partition coefficient (Wildman–Crippen LogP) is 4.91. The molecule has 0 bridgehead atoms. The van der Waals surface area contributed by atoms with Crippen LogP contribution in [0.3, 0.4) is 0 Å². The number of azide groups is 1. The predicted molar refractivity (Wildman–Crippen MR) is 58.0 cm³/mol. The SMILES string of the molecule is [N-]=[N+]=Nc1cc(C(F)(F)F)c(Cl)cc1I. The fourth-order valence-corrected chi connectivity index (χ4v) is 1.91. The van der Waals surface area contributed by atoms with Crippen LogP contribution in [0.15, 0.2) is 17.2 Å². The van der Waals surface area contributed by atoms with Crippen LogP contribution in [0.4, 0.5) is 18.9 Å².